The van der Waals surface area contributed by atoms with Gasteiger partial charge in [-0.15, -0.1) is 0 Å². The van der Waals surface area contributed by atoms with E-state index in [4.69, 9.17) is 11.6 Å². The van der Waals surface area contributed by atoms with Gasteiger partial charge in [0.15, 0.2) is 5.65 Å². The van der Waals surface area contributed by atoms with Crippen molar-refractivity contribution in [1.82, 2.24) is 19.7 Å². The monoisotopic (exact) mass is 319 g/mol. The molecule has 1 aromatic carbocycles. The smallest absolute Gasteiger partial charge is 0.226 e. The van der Waals surface area contributed by atoms with Crippen LogP contribution in [0.3, 0.4) is 0 Å². The normalized spacial score (nSPS) is 11.3. The third-order valence-corrected chi connectivity index (χ3v) is 3.46. The first-order valence-corrected chi connectivity index (χ1v) is 7.31. The minimum atomic E-state index is -0.255. The molecule has 114 valence electrons. The second-order valence-corrected chi connectivity index (χ2v) is 5.58. The lowest BCUT2D eigenvalue weighted by Gasteiger charge is -2.09. The van der Waals surface area contributed by atoms with Crippen molar-refractivity contribution in [2.75, 3.05) is 5.32 Å². The van der Waals surface area contributed by atoms with Gasteiger partial charge in [-0.1, -0.05) is 12.1 Å². The number of nitrogens with zero attached hydrogens (tertiary/aromatic N) is 4. The summed E-state index contributed by atoms with van der Waals surface area (Å²) in [6.45, 7) is 4.55. The number of hydrogen-bond acceptors (Lipinski definition) is 4. The molecule has 22 heavy (non-hydrogen) atoms. The molecule has 0 saturated carbocycles. The van der Waals surface area contributed by atoms with E-state index in [9.17, 15) is 4.39 Å². The van der Waals surface area contributed by atoms with Gasteiger partial charge in [0.1, 0.15) is 11.6 Å². The van der Waals surface area contributed by atoms with Crippen molar-refractivity contribution < 1.29 is 4.39 Å². The minimum absolute atomic E-state index is 0.163. The Morgan fingerprint density at radius 2 is 1.95 bits per heavy atom. The summed E-state index contributed by atoms with van der Waals surface area (Å²) in [6.07, 6.45) is 1.72. The maximum atomic E-state index is 12.9. The van der Waals surface area contributed by atoms with Crippen LogP contribution < -0.4 is 5.32 Å². The van der Waals surface area contributed by atoms with E-state index < -0.39 is 0 Å². The number of fused-ring (bicyclic) bond motifs is 1. The van der Waals surface area contributed by atoms with Gasteiger partial charge >= 0.3 is 0 Å². The fourth-order valence-electron chi connectivity index (χ4n) is 2.20. The highest BCUT2D eigenvalue weighted by atomic mass is 35.5. The van der Waals surface area contributed by atoms with Crippen molar-refractivity contribution in [1.29, 1.82) is 0 Å². The standard InChI is InChI=1S/C15H15ClFN5/c1-9(2)22-14-12(8-19-22)13(20-15(16)21-14)18-7-10-3-5-11(17)6-4-10/h3-6,8-9H,7H2,1-2H3,(H,18,20,21). The first-order valence-electron chi connectivity index (χ1n) is 6.93. The van der Waals surface area contributed by atoms with E-state index in [2.05, 4.69) is 20.4 Å². The van der Waals surface area contributed by atoms with Gasteiger partial charge in [0.05, 0.1) is 11.6 Å². The van der Waals surface area contributed by atoms with Gasteiger partial charge in [0.2, 0.25) is 5.28 Å². The van der Waals surface area contributed by atoms with Crippen LogP contribution in [0, 0.1) is 5.82 Å². The molecule has 7 heteroatoms. The molecule has 0 saturated heterocycles. The van der Waals surface area contributed by atoms with E-state index in [1.165, 1.54) is 12.1 Å². The summed E-state index contributed by atoms with van der Waals surface area (Å²) in [5.41, 5.74) is 1.64. The summed E-state index contributed by atoms with van der Waals surface area (Å²) in [5.74, 6) is 0.362. The number of rotatable bonds is 4. The molecule has 3 rings (SSSR count). The summed E-state index contributed by atoms with van der Waals surface area (Å²) < 4.78 is 14.7. The maximum absolute atomic E-state index is 12.9. The molecule has 0 spiro atoms. The lowest BCUT2D eigenvalue weighted by molar-refractivity contribution is 0.546. The fraction of sp³-hybridized carbons (Fsp3) is 0.267. The Morgan fingerprint density at radius 1 is 1.23 bits per heavy atom. The van der Waals surface area contributed by atoms with Gasteiger partial charge in [0, 0.05) is 12.6 Å². The zero-order chi connectivity index (χ0) is 15.7. The van der Waals surface area contributed by atoms with Crippen molar-refractivity contribution in [2.45, 2.75) is 26.4 Å². The molecule has 0 amide bonds. The Labute approximate surface area is 132 Å². The molecule has 1 N–H and O–H groups in total. The summed E-state index contributed by atoms with van der Waals surface area (Å²) in [5, 5.41) is 8.50. The highest BCUT2D eigenvalue weighted by Gasteiger charge is 2.13. The predicted molar refractivity (Wildman–Crippen MR) is 84.4 cm³/mol. The van der Waals surface area contributed by atoms with E-state index in [-0.39, 0.29) is 17.1 Å². The summed E-state index contributed by atoms with van der Waals surface area (Å²) in [7, 11) is 0. The molecule has 0 radical (unpaired) electrons. The van der Waals surface area contributed by atoms with E-state index >= 15 is 0 Å². The Bertz CT molecular complexity index is 798. The van der Waals surface area contributed by atoms with Crippen LogP contribution in [0.4, 0.5) is 10.2 Å². The van der Waals surface area contributed by atoms with Gasteiger partial charge in [0.25, 0.3) is 0 Å². The molecule has 0 bridgehead atoms. The number of nitrogens with one attached hydrogen (secondary N) is 1. The Hall–Kier alpha value is -2.21. The second kappa shape index (κ2) is 5.88. The number of anilines is 1. The van der Waals surface area contributed by atoms with E-state index in [1.807, 2.05) is 13.8 Å². The molecular formula is C15H15ClFN5. The van der Waals surface area contributed by atoms with Gasteiger partial charge < -0.3 is 5.32 Å². The molecule has 2 heterocycles. The van der Waals surface area contributed by atoms with Crippen LogP contribution in [0.15, 0.2) is 30.5 Å². The minimum Gasteiger partial charge on any atom is -0.365 e. The van der Waals surface area contributed by atoms with Crippen LogP contribution in [0.1, 0.15) is 25.5 Å². The zero-order valence-corrected chi connectivity index (χ0v) is 13.0. The van der Waals surface area contributed by atoms with Crippen molar-refractivity contribution in [3.05, 3.63) is 47.1 Å². The average Bonchev–Trinajstić information content (AvgIpc) is 2.90. The largest absolute Gasteiger partial charge is 0.365 e. The van der Waals surface area contributed by atoms with Crippen molar-refractivity contribution >= 4 is 28.5 Å². The number of halogens is 2. The van der Waals surface area contributed by atoms with Crippen LogP contribution >= 0.6 is 11.6 Å². The predicted octanol–water partition coefficient (Wildman–Crippen LogP) is 3.81. The van der Waals surface area contributed by atoms with Crippen LogP contribution in [-0.4, -0.2) is 19.7 Å². The van der Waals surface area contributed by atoms with Crippen molar-refractivity contribution in [3.8, 4) is 0 Å². The molecule has 5 nitrogen and oxygen atoms in total. The Balaban J connectivity index is 1.91. The third kappa shape index (κ3) is 2.87. The Kier molecular flexibility index (Phi) is 3.94. The molecule has 0 aliphatic heterocycles. The van der Waals surface area contributed by atoms with E-state index in [1.54, 1.807) is 23.0 Å². The van der Waals surface area contributed by atoms with Crippen LogP contribution in [0.2, 0.25) is 5.28 Å². The van der Waals surface area contributed by atoms with Crippen molar-refractivity contribution in [2.24, 2.45) is 0 Å². The maximum Gasteiger partial charge on any atom is 0.226 e. The number of aromatic nitrogens is 4. The van der Waals surface area contributed by atoms with Gasteiger partial charge in [-0.25, -0.2) is 9.07 Å². The first kappa shape index (κ1) is 14.7. The first-order chi connectivity index (χ1) is 10.5. The molecule has 0 unspecified atom stereocenters. The van der Waals surface area contributed by atoms with Gasteiger partial charge in [-0.05, 0) is 43.1 Å². The number of benzene rings is 1. The quantitative estimate of drug-likeness (QED) is 0.743. The highest BCUT2D eigenvalue weighted by Crippen LogP contribution is 2.24. The van der Waals surface area contributed by atoms with Gasteiger partial charge in [-0.3, -0.25) is 0 Å². The molecule has 0 atom stereocenters. The highest BCUT2D eigenvalue weighted by molar-refractivity contribution is 6.28. The summed E-state index contributed by atoms with van der Waals surface area (Å²) >= 11 is 6.01. The van der Waals surface area contributed by atoms with E-state index in [0.717, 1.165) is 10.9 Å². The van der Waals surface area contributed by atoms with Gasteiger partial charge in [-0.2, -0.15) is 15.1 Å². The molecule has 2 aromatic heterocycles. The van der Waals surface area contributed by atoms with Crippen LogP contribution in [-0.2, 0) is 6.54 Å². The molecule has 0 aliphatic rings. The topological polar surface area (TPSA) is 55.6 Å². The van der Waals surface area contributed by atoms with E-state index in [0.29, 0.717) is 18.0 Å². The summed E-state index contributed by atoms with van der Waals surface area (Å²) in [6, 6.07) is 6.47. The van der Waals surface area contributed by atoms with Crippen LogP contribution in [0.25, 0.3) is 11.0 Å². The molecule has 0 aliphatic carbocycles. The SMILES string of the molecule is CC(C)n1ncc2c(NCc3ccc(F)cc3)nc(Cl)nc21. The second-order valence-electron chi connectivity index (χ2n) is 5.24. The zero-order valence-electron chi connectivity index (χ0n) is 12.2. The van der Waals surface area contributed by atoms with Crippen molar-refractivity contribution in [3.63, 3.8) is 0 Å². The summed E-state index contributed by atoms with van der Waals surface area (Å²) in [4.78, 5) is 8.47. The average molecular weight is 320 g/mol. The Morgan fingerprint density at radius 3 is 2.64 bits per heavy atom. The number of hydrogen-bond donors (Lipinski definition) is 1. The third-order valence-electron chi connectivity index (χ3n) is 3.29. The fourth-order valence-corrected chi connectivity index (χ4v) is 2.36. The lowest BCUT2D eigenvalue weighted by atomic mass is 10.2. The lowest BCUT2D eigenvalue weighted by Crippen LogP contribution is -2.06. The molecule has 3 aromatic rings. The van der Waals surface area contributed by atoms with Crippen LogP contribution in [0.5, 0.6) is 0 Å². The molecule has 0 fully saturated rings. The molecular weight excluding hydrogens is 305 g/mol.